The monoisotopic (exact) mass is 297 g/mol. The number of carbonyl (C=O) groups is 1. The SMILES string of the molecule is COc1ccc(NC(=O)C[n+]2ccc3c(c2)CCCC3)cc1. The number of methoxy groups -OCH3 is 1. The summed E-state index contributed by atoms with van der Waals surface area (Å²) in [7, 11) is 1.63. The molecule has 0 fully saturated rings. The van der Waals surface area contributed by atoms with Crippen LogP contribution in [0, 0.1) is 0 Å². The van der Waals surface area contributed by atoms with Crippen LogP contribution in [0.4, 0.5) is 5.69 Å². The Morgan fingerprint density at radius 3 is 2.59 bits per heavy atom. The number of nitrogens with zero attached hydrogens (tertiary/aromatic N) is 1. The third-order valence-electron chi connectivity index (χ3n) is 4.04. The second-order valence-electron chi connectivity index (χ2n) is 5.65. The minimum absolute atomic E-state index is 0.0223. The van der Waals surface area contributed by atoms with E-state index in [1.54, 1.807) is 7.11 Å². The standard InChI is InChI=1S/C18H20N2O2/c1-22-17-8-6-16(7-9-17)19-18(21)13-20-11-10-14-4-2-3-5-15(14)12-20/h6-12H,2-5,13H2,1H3/p+1. The molecule has 1 aromatic carbocycles. The van der Waals surface area contributed by atoms with E-state index < -0.39 is 0 Å². The van der Waals surface area contributed by atoms with Crippen LogP contribution in [0.25, 0.3) is 0 Å². The fourth-order valence-corrected chi connectivity index (χ4v) is 2.86. The Morgan fingerprint density at radius 1 is 1.14 bits per heavy atom. The number of benzene rings is 1. The maximum absolute atomic E-state index is 12.1. The number of anilines is 1. The van der Waals surface area contributed by atoms with Gasteiger partial charge in [-0.3, -0.25) is 4.79 Å². The fraction of sp³-hybridized carbons (Fsp3) is 0.333. The molecule has 0 spiro atoms. The van der Waals surface area contributed by atoms with Crippen molar-refractivity contribution in [2.24, 2.45) is 0 Å². The molecule has 1 aliphatic carbocycles. The average Bonchev–Trinajstić information content (AvgIpc) is 2.55. The summed E-state index contributed by atoms with van der Waals surface area (Å²) >= 11 is 0. The van der Waals surface area contributed by atoms with Gasteiger partial charge in [-0.1, -0.05) is 0 Å². The molecule has 4 heteroatoms. The summed E-state index contributed by atoms with van der Waals surface area (Å²) in [5.74, 6) is 0.757. The Kier molecular flexibility index (Phi) is 4.37. The molecule has 4 nitrogen and oxygen atoms in total. The Balaban J connectivity index is 1.63. The highest BCUT2D eigenvalue weighted by atomic mass is 16.5. The smallest absolute Gasteiger partial charge is 0.290 e. The summed E-state index contributed by atoms with van der Waals surface area (Å²) < 4.78 is 7.07. The Hall–Kier alpha value is -2.36. The van der Waals surface area contributed by atoms with Gasteiger partial charge in [-0.05, 0) is 55.5 Å². The lowest BCUT2D eigenvalue weighted by Crippen LogP contribution is -2.40. The van der Waals surface area contributed by atoms with Crippen LogP contribution in [-0.4, -0.2) is 13.0 Å². The predicted molar refractivity (Wildman–Crippen MR) is 84.9 cm³/mol. The van der Waals surface area contributed by atoms with E-state index in [-0.39, 0.29) is 5.91 Å². The molecule has 0 radical (unpaired) electrons. The summed E-state index contributed by atoms with van der Waals surface area (Å²) in [6.07, 6.45) is 8.91. The van der Waals surface area contributed by atoms with E-state index in [2.05, 4.69) is 17.6 Å². The van der Waals surface area contributed by atoms with Crippen molar-refractivity contribution in [3.8, 4) is 5.75 Å². The summed E-state index contributed by atoms with van der Waals surface area (Å²) in [5.41, 5.74) is 3.59. The van der Waals surface area contributed by atoms with Gasteiger partial charge in [0.15, 0.2) is 12.4 Å². The molecule has 0 bridgehead atoms. The molecule has 0 saturated heterocycles. The topological polar surface area (TPSA) is 42.2 Å². The molecule has 0 aliphatic heterocycles. The zero-order valence-electron chi connectivity index (χ0n) is 12.8. The van der Waals surface area contributed by atoms with Crippen molar-refractivity contribution in [3.05, 3.63) is 53.9 Å². The van der Waals surface area contributed by atoms with Crippen LogP contribution in [0.2, 0.25) is 0 Å². The van der Waals surface area contributed by atoms with E-state index in [0.29, 0.717) is 6.54 Å². The number of nitrogens with one attached hydrogen (secondary N) is 1. The second-order valence-corrected chi connectivity index (χ2v) is 5.65. The first-order chi connectivity index (χ1) is 10.7. The van der Waals surface area contributed by atoms with Crippen LogP contribution in [0.5, 0.6) is 5.75 Å². The molecule has 1 aromatic heterocycles. The second kappa shape index (κ2) is 6.60. The van der Waals surface area contributed by atoms with E-state index in [1.165, 1.54) is 24.0 Å². The zero-order valence-corrected chi connectivity index (χ0v) is 12.8. The third-order valence-corrected chi connectivity index (χ3v) is 4.04. The van der Waals surface area contributed by atoms with Crippen molar-refractivity contribution in [1.29, 1.82) is 0 Å². The highest BCUT2D eigenvalue weighted by Crippen LogP contribution is 2.19. The maximum Gasteiger partial charge on any atom is 0.290 e. The molecule has 1 heterocycles. The molecule has 1 aliphatic rings. The van der Waals surface area contributed by atoms with Gasteiger partial charge in [-0.25, -0.2) is 0 Å². The van der Waals surface area contributed by atoms with Crippen LogP contribution < -0.4 is 14.6 Å². The summed E-state index contributed by atoms with van der Waals surface area (Å²) in [4.78, 5) is 12.1. The predicted octanol–water partition coefficient (Wildman–Crippen LogP) is 2.50. The lowest BCUT2D eigenvalue weighted by molar-refractivity contribution is -0.684. The van der Waals surface area contributed by atoms with Gasteiger partial charge >= 0.3 is 0 Å². The summed E-state index contributed by atoms with van der Waals surface area (Å²) in [5, 5.41) is 2.91. The number of hydrogen-bond donors (Lipinski definition) is 1. The molecule has 1 N–H and O–H groups in total. The van der Waals surface area contributed by atoms with E-state index in [0.717, 1.165) is 24.3 Å². The average molecular weight is 297 g/mol. The number of ether oxygens (including phenoxy) is 1. The molecular weight excluding hydrogens is 276 g/mol. The molecule has 2 aromatic rings. The van der Waals surface area contributed by atoms with E-state index in [4.69, 9.17) is 4.74 Å². The number of fused-ring (bicyclic) bond motifs is 1. The maximum atomic E-state index is 12.1. The van der Waals surface area contributed by atoms with Gasteiger partial charge in [0, 0.05) is 17.3 Å². The minimum atomic E-state index is -0.0223. The normalized spacial score (nSPS) is 13.3. The number of amides is 1. The number of rotatable bonds is 4. The van der Waals surface area contributed by atoms with Crippen molar-refractivity contribution in [2.45, 2.75) is 32.2 Å². The van der Waals surface area contributed by atoms with E-state index in [9.17, 15) is 4.79 Å². The van der Waals surface area contributed by atoms with Gasteiger partial charge in [0.25, 0.3) is 5.91 Å². The molecule has 0 saturated carbocycles. The Bertz CT molecular complexity index is 665. The quantitative estimate of drug-likeness (QED) is 0.881. The highest BCUT2D eigenvalue weighted by Gasteiger charge is 2.15. The third kappa shape index (κ3) is 3.45. The van der Waals surface area contributed by atoms with Gasteiger partial charge in [0.05, 0.1) is 7.11 Å². The Labute approximate surface area is 130 Å². The van der Waals surface area contributed by atoms with Crippen LogP contribution in [0.15, 0.2) is 42.7 Å². The van der Waals surface area contributed by atoms with Crippen LogP contribution in [-0.2, 0) is 24.2 Å². The first kappa shape index (κ1) is 14.6. The molecule has 1 amide bonds. The van der Waals surface area contributed by atoms with Crippen LogP contribution in [0.1, 0.15) is 24.0 Å². The Morgan fingerprint density at radius 2 is 1.86 bits per heavy atom. The first-order valence-corrected chi connectivity index (χ1v) is 7.69. The number of aryl methyl sites for hydroxylation is 2. The van der Waals surface area contributed by atoms with Crippen LogP contribution >= 0.6 is 0 Å². The van der Waals surface area contributed by atoms with Crippen LogP contribution in [0.3, 0.4) is 0 Å². The zero-order chi connectivity index (χ0) is 15.4. The number of aromatic nitrogens is 1. The van der Waals surface area contributed by atoms with Crippen molar-refractivity contribution in [3.63, 3.8) is 0 Å². The summed E-state index contributed by atoms with van der Waals surface area (Å²) in [6, 6.07) is 9.50. The van der Waals surface area contributed by atoms with E-state index >= 15 is 0 Å². The largest absolute Gasteiger partial charge is 0.497 e. The summed E-state index contributed by atoms with van der Waals surface area (Å²) in [6.45, 7) is 0.333. The molecule has 0 unspecified atom stereocenters. The van der Waals surface area contributed by atoms with Crippen molar-refractivity contribution in [1.82, 2.24) is 0 Å². The van der Waals surface area contributed by atoms with Crippen molar-refractivity contribution in [2.75, 3.05) is 12.4 Å². The highest BCUT2D eigenvalue weighted by molar-refractivity contribution is 5.89. The van der Waals surface area contributed by atoms with Gasteiger partial charge in [-0.15, -0.1) is 0 Å². The number of pyridine rings is 1. The fourth-order valence-electron chi connectivity index (χ4n) is 2.86. The first-order valence-electron chi connectivity index (χ1n) is 7.69. The van der Waals surface area contributed by atoms with Crippen molar-refractivity contribution >= 4 is 11.6 Å². The van der Waals surface area contributed by atoms with Gasteiger partial charge < -0.3 is 10.1 Å². The molecular formula is C18H21N2O2+. The number of hydrogen-bond acceptors (Lipinski definition) is 2. The van der Waals surface area contributed by atoms with Gasteiger partial charge in [0.2, 0.25) is 6.54 Å². The van der Waals surface area contributed by atoms with Crippen molar-refractivity contribution < 1.29 is 14.1 Å². The molecule has 0 atom stereocenters. The lowest BCUT2D eigenvalue weighted by atomic mass is 9.93. The van der Waals surface area contributed by atoms with E-state index in [1.807, 2.05) is 35.0 Å². The minimum Gasteiger partial charge on any atom is -0.497 e. The van der Waals surface area contributed by atoms with Gasteiger partial charge in [0.1, 0.15) is 5.75 Å². The molecule has 3 rings (SSSR count). The van der Waals surface area contributed by atoms with Gasteiger partial charge in [-0.2, -0.15) is 4.57 Å². The number of carbonyl (C=O) groups excluding carboxylic acids is 1. The molecule has 114 valence electrons. The lowest BCUT2D eigenvalue weighted by Gasteiger charge is -2.13. The molecule has 22 heavy (non-hydrogen) atoms.